The number of hydrogen-bond acceptors (Lipinski definition) is 4. The summed E-state index contributed by atoms with van der Waals surface area (Å²) in [6, 6.07) is 14.2. The second-order valence-electron chi connectivity index (χ2n) is 4.34. The molecule has 0 aliphatic heterocycles. The van der Waals surface area contributed by atoms with Crippen LogP contribution in [0.2, 0.25) is 0 Å². The molecule has 0 aliphatic rings. The maximum atomic E-state index is 10.5. The lowest BCUT2D eigenvalue weighted by Gasteiger charge is -2.10. The highest BCUT2D eigenvalue weighted by molar-refractivity contribution is 5.48. The summed E-state index contributed by atoms with van der Waals surface area (Å²) in [7, 11) is 0. The minimum Gasteiger partial charge on any atom is -0.491 e. The summed E-state index contributed by atoms with van der Waals surface area (Å²) >= 11 is 0. The molecule has 5 heteroatoms. The van der Waals surface area contributed by atoms with E-state index in [0.717, 1.165) is 17.0 Å². The maximum Gasteiger partial charge on any atom is 0.269 e. The lowest BCUT2D eigenvalue weighted by Crippen LogP contribution is -2.11. The SMILES string of the molecule is Cc1ccccc1OCCNc1ccc([N+](=O)[O-])cc1. The fourth-order valence-electron chi connectivity index (χ4n) is 1.78. The van der Waals surface area contributed by atoms with Crippen molar-refractivity contribution in [3.63, 3.8) is 0 Å². The van der Waals surface area contributed by atoms with E-state index < -0.39 is 4.92 Å². The summed E-state index contributed by atoms with van der Waals surface area (Å²) in [5.74, 6) is 0.873. The fourth-order valence-corrected chi connectivity index (χ4v) is 1.78. The van der Waals surface area contributed by atoms with E-state index in [1.54, 1.807) is 12.1 Å². The van der Waals surface area contributed by atoms with Crippen LogP contribution in [0.1, 0.15) is 5.56 Å². The van der Waals surface area contributed by atoms with Crippen molar-refractivity contribution in [2.75, 3.05) is 18.5 Å². The average Bonchev–Trinajstić information content (AvgIpc) is 2.46. The van der Waals surface area contributed by atoms with Crippen LogP contribution < -0.4 is 10.1 Å². The van der Waals surface area contributed by atoms with Gasteiger partial charge in [0.05, 0.1) is 4.92 Å². The first-order valence-corrected chi connectivity index (χ1v) is 6.33. The highest BCUT2D eigenvalue weighted by atomic mass is 16.6. The van der Waals surface area contributed by atoms with Gasteiger partial charge in [0.15, 0.2) is 0 Å². The number of rotatable bonds is 6. The van der Waals surface area contributed by atoms with E-state index in [1.807, 2.05) is 31.2 Å². The third-order valence-corrected chi connectivity index (χ3v) is 2.86. The molecule has 0 atom stereocenters. The first-order chi connectivity index (χ1) is 9.66. The van der Waals surface area contributed by atoms with Crippen LogP contribution in [0.25, 0.3) is 0 Å². The number of nitrogens with zero attached hydrogens (tertiary/aromatic N) is 1. The van der Waals surface area contributed by atoms with E-state index in [1.165, 1.54) is 12.1 Å². The minimum atomic E-state index is -0.412. The van der Waals surface area contributed by atoms with E-state index in [-0.39, 0.29) is 5.69 Å². The second kappa shape index (κ2) is 6.56. The van der Waals surface area contributed by atoms with Crippen LogP contribution in [0.15, 0.2) is 48.5 Å². The molecule has 20 heavy (non-hydrogen) atoms. The van der Waals surface area contributed by atoms with Gasteiger partial charge in [-0.15, -0.1) is 0 Å². The first-order valence-electron chi connectivity index (χ1n) is 6.33. The van der Waals surface area contributed by atoms with Gasteiger partial charge in [0.2, 0.25) is 0 Å². The Morgan fingerprint density at radius 2 is 1.85 bits per heavy atom. The molecule has 0 fully saturated rings. The number of nitro benzene ring substituents is 1. The summed E-state index contributed by atoms with van der Waals surface area (Å²) in [5, 5.41) is 13.7. The molecule has 0 saturated carbocycles. The van der Waals surface area contributed by atoms with Crippen LogP contribution in [0, 0.1) is 17.0 Å². The Morgan fingerprint density at radius 1 is 1.15 bits per heavy atom. The van der Waals surface area contributed by atoms with Gasteiger partial charge in [-0.25, -0.2) is 0 Å². The van der Waals surface area contributed by atoms with E-state index >= 15 is 0 Å². The molecule has 0 radical (unpaired) electrons. The van der Waals surface area contributed by atoms with Crippen LogP contribution in [0.4, 0.5) is 11.4 Å². The Hall–Kier alpha value is -2.56. The summed E-state index contributed by atoms with van der Waals surface area (Å²) in [6.07, 6.45) is 0. The van der Waals surface area contributed by atoms with E-state index in [4.69, 9.17) is 4.74 Å². The smallest absolute Gasteiger partial charge is 0.269 e. The van der Waals surface area contributed by atoms with Crippen LogP contribution >= 0.6 is 0 Å². The highest BCUT2D eigenvalue weighted by Gasteiger charge is 2.03. The van der Waals surface area contributed by atoms with Gasteiger partial charge < -0.3 is 10.1 Å². The van der Waals surface area contributed by atoms with Gasteiger partial charge in [-0.05, 0) is 30.7 Å². The van der Waals surface area contributed by atoms with E-state index in [9.17, 15) is 10.1 Å². The predicted molar refractivity (Wildman–Crippen MR) is 78.3 cm³/mol. The number of aryl methyl sites for hydroxylation is 1. The van der Waals surface area contributed by atoms with Crippen molar-refractivity contribution in [1.29, 1.82) is 0 Å². The number of nitrogens with one attached hydrogen (secondary N) is 1. The molecule has 0 amide bonds. The highest BCUT2D eigenvalue weighted by Crippen LogP contribution is 2.17. The van der Waals surface area contributed by atoms with E-state index in [0.29, 0.717) is 13.2 Å². The quantitative estimate of drug-likeness (QED) is 0.497. The zero-order valence-corrected chi connectivity index (χ0v) is 11.2. The standard InChI is InChI=1S/C15H16N2O3/c1-12-4-2-3-5-15(12)20-11-10-16-13-6-8-14(9-7-13)17(18)19/h2-9,16H,10-11H2,1H3. The number of nitro groups is 1. The Bertz CT molecular complexity index is 582. The van der Waals surface area contributed by atoms with Crippen molar-refractivity contribution in [2.24, 2.45) is 0 Å². The fraction of sp³-hybridized carbons (Fsp3) is 0.200. The van der Waals surface area contributed by atoms with Crippen molar-refractivity contribution in [3.8, 4) is 5.75 Å². The number of hydrogen-bond donors (Lipinski definition) is 1. The molecule has 2 aromatic rings. The number of non-ortho nitro benzene ring substituents is 1. The van der Waals surface area contributed by atoms with Gasteiger partial charge >= 0.3 is 0 Å². The third-order valence-electron chi connectivity index (χ3n) is 2.86. The number of anilines is 1. The van der Waals surface area contributed by atoms with Crippen molar-refractivity contribution in [3.05, 3.63) is 64.2 Å². The molecule has 0 bridgehead atoms. The average molecular weight is 272 g/mol. The van der Waals surface area contributed by atoms with Gasteiger partial charge in [0.1, 0.15) is 12.4 Å². The van der Waals surface area contributed by atoms with Gasteiger partial charge in [0, 0.05) is 24.4 Å². The number of para-hydroxylation sites is 1. The van der Waals surface area contributed by atoms with Gasteiger partial charge in [-0.1, -0.05) is 18.2 Å². The van der Waals surface area contributed by atoms with Crippen molar-refractivity contribution < 1.29 is 9.66 Å². The van der Waals surface area contributed by atoms with Crippen molar-refractivity contribution in [2.45, 2.75) is 6.92 Å². The molecule has 0 heterocycles. The molecular formula is C15H16N2O3. The van der Waals surface area contributed by atoms with E-state index in [2.05, 4.69) is 5.32 Å². The molecule has 0 spiro atoms. The molecule has 0 saturated heterocycles. The lowest BCUT2D eigenvalue weighted by molar-refractivity contribution is -0.384. The van der Waals surface area contributed by atoms with Crippen LogP contribution in [-0.4, -0.2) is 18.1 Å². The lowest BCUT2D eigenvalue weighted by atomic mass is 10.2. The molecule has 104 valence electrons. The van der Waals surface area contributed by atoms with Crippen LogP contribution in [-0.2, 0) is 0 Å². The third kappa shape index (κ3) is 3.71. The Balaban J connectivity index is 1.79. The van der Waals surface area contributed by atoms with Gasteiger partial charge in [0.25, 0.3) is 5.69 Å². The Labute approximate surface area is 117 Å². The summed E-state index contributed by atoms with van der Waals surface area (Å²) < 4.78 is 5.65. The molecule has 2 rings (SSSR count). The normalized spacial score (nSPS) is 10.1. The summed E-state index contributed by atoms with van der Waals surface area (Å²) in [4.78, 5) is 10.1. The Kier molecular flexibility index (Phi) is 4.55. The van der Waals surface area contributed by atoms with Gasteiger partial charge in [-0.3, -0.25) is 10.1 Å². The zero-order valence-electron chi connectivity index (χ0n) is 11.2. The first kappa shape index (κ1) is 13.9. The number of ether oxygens (including phenoxy) is 1. The molecular weight excluding hydrogens is 256 g/mol. The molecule has 0 aromatic heterocycles. The molecule has 2 aromatic carbocycles. The molecule has 5 nitrogen and oxygen atoms in total. The Morgan fingerprint density at radius 3 is 2.50 bits per heavy atom. The summed E-state index contributed by atoms with van der Waals surface area (Å²) in [6.45, 7) is 3.16. The summed E-state index contributed by atoms with van der Waals surface area (Å²) in [5.41, 5.74) is 2.03. The number of benzene rings is 2. The van der Waals surface area contributed by atoms with Gasteiger partial charge in [-0.2, -0.15) is 0 Å². The maximum absolute atomic E-state index is 10.5. The van der Waals surface area contributed by atoms with Crippen molar-refractivity contribution >= 4 is 11.4 Å². The molecule has 1 N–H and O–H groups in total. The van der Waals surface area contributed by atoms with Crippen molar-refractivity contribution in [1.82, 2.24) is 0 Å². The monoisotopic (exact) mass is 272 g/mol. The molecule has 0 unspecified atom stereocenters. The van der Waals surface area contributed by atoms with Crippen LogP contribution in [0.3, 0.4) is 0 Å². The zero-order chi connectivity index (χ0) is 14.4. The molecule has 0 aliphatic carbocycles. The topological polar surface area (TPSA) is 64.4 Å². The largest absolute Gasteiger partial charge is 0.491 e. The predicted octanol–water partition coefficient (Wildman–Crippen LogP) is 3.39. The minimum absolute atomic E-state index is 0.0895. The second-order valence-corrected chi connectivity index (χ2v) is 4.34. The van der Waals surface area contributed by atoms with Crippen LogP contribution in [0.5, 0.6) is 5.75 Å².